The van der Waals surface area contributed by atoms with Gasteiger partial charge in [-0.2, -0.15) is 0 Å². The zero-order valence-electron chi connectivity index (χ0n) is 9.01. The summed E-state index contributed by atoms with van der Waals surface area (Å²) in [5.74, 6) is 0.371. The van der Waals surface area contributed by atoms with Crippen LogP contribution in [0, 0.1) is 0 Å². The summed E-state index contributed by atoms with van der Waals surface area (Å²) in [5.41, 5.74) is 0. The van der Waals surface area contributed by atoms with Crippen molar-refractivity contribution in [2.75, 3.05) is 19.0 Å². The first kappa shape index (κ1) is 11.0. The van der Waals surface area contributed by atoms with Gasteiger partial charge in [-0.1, -0.05) is 0 Å². The van der Waals surface area contributed by atoms with Gasteiger partial charge in [0.1, 0.15) is 0 Å². The van der Waals surface area contributed by atoms with Crippen LogP contribution < -0.4 is 10.6 Å². The summed E-state index contributed by atoms with van der Waals surface area (Å²) in [6.45, 7) is 0.703. The van der Waals surface area contributed by atoms with Gasteiger partial charge in [0.25, 0.3) is 0 Å². The molecule has 1 fully saturated rings. The number of hydrogen-bond donors (Lipinski definition) is 2. The Balaban J connectivity index is 1.90. The molecule has 0 bridgehead atoms. The quantitative estimate of drug-likeness (QED) is 0.740. The molecule has 1 aliphatic rings. The number of aromatic nitrogens is 2. The van der Waals surface area contributed by atoms with E-state index in [4.69, 9.17) is 4.74 Å². The third kappa shape index (κ3) is 2.53. The van der Waals surface area contributed by atoms with Crippen LogP contribution in [0.1, 0.15) is 6.42 Å². The zero-order valence-corrected chi connectivity index (χ0v) is 9.01. The number of nitrogens with zero attached hydrogens (tertiary/aromatic N) is 2. The Labute approximate surface area is 93.4 Å². The Morgan fingerprint density at radius 2 is 2.50 bits per heavy atom. The molecular formula is C10H14N4O2. The molecule has 0 spiro atoms. The van der Waals surface area contributed by atoms with Crippen LogP contribution in [0.15, 0.2) is 18.6 Å². The van der Waals surface area contributed by atoms with Gasteiger partial charge in [-0.15, -0.1) is 0 Å². The molecule has 1 aromatic rings. The molecule has 0 saturated carbocycles. The highest BCUT2D eigenvalue weighted by Gasteiger charge is 2.29. The van der Waals surface area contributed by atoms with Gasteiger partial charge >= 0.3 is 0 Å². The zero-order chi connectivity index (χ0) is 11.4. The number of carbonyl (C=O) groups is 1. The summed E-state index contributed by atoms with van der Waals surface area (Å²) >= 11 is 0. The molecule has 0 aromatic carbocycles. The number of carbonyl (C=O) groups excluding carboxylic acids is 1. The molecule has 16 heavy (non-hydrogen) atoms. The topological polar surface area (TPSA) is 76.1 Å². The molecule has 2 heterocycles. The van der Waals surface area contributed by atoms with E-state index in [0.717, 1.165) is 0 Å². The molecule has 6 heteroatoms. The van der Waals surface area contributed by atoms with Crippen LogP contribution in [0.2, 0.25) is 0 Å². The fourth-order valence-electron chi connectivity index (χ4n) is 1.66. The van der Waals surface area contributed by atoms with Gasteiger partial charge < -0.3 is 15.4 Å². The van der Waals surface area contributed by atoms with E-state index in [0.29, 0.717) is 18.8 Å². The van der Waals surface area contributed by atoms with E-state index in [-0.39, 0.29) is 18.1 Å². The smallest absolute Gasteiger partial charge is 0.242 e. The number of amides is 1. The van der Waals surface area contributed by atoms with Crippen LogP contribution in [-0.4, -0.2) is 41.7 Å². The number of rotatable bonds is 3. The Morgan fingerprint density at radius 1 is 1.62 bits per heavy atom. The SMILES string of the molecule is CO[C@H]1CN[C@H](C(=O)Nc2cnccn2)C1. The highest BCUT2D eigenvalue weighted by atomic mass is 16.5. The highest BCUT2D eigenvalue weighted by Crippen LogP contribution is 2.11. The number of ether oxygens (including phenoxy) is 1. The molecule has 1 aliphatic heterocycles. The molecule has 6 nitrogen and oxygen atoms in total. The first-order valence-electron chi connectivity index (χ1n) is 5.12. The summed E-state index contributed by atoms with van der Waals surface area (Å²) in [6, 6.07) is -0.216. The maximum atomic E-state index is 11.8. The van der Waals surface area contributed by atoms with Crippen LogP contribution >= 0.6 is 0 Å². The first-order chi connectivity index (χ1) is 7.79. The van der Waals surface area contributed by atoms with Crippen molar-refractivity contribution in [2.24, 2.45) is 0 Å². The van der Waals surface area contributed by atoms with E-state index in [1.54, 1.807) is 13.3 Å². The van der Waals surface area contributed by atoms with Crippen molar-refractivity contribution in [1.29, 1.82) is 0 Å². The second-order valence-corrected chi connectivity index (χ2v) is 3.63. The molecule has 0 radical (unpaired) electrons. The minimum absolute atomic E-state index is 0.0972. The van der Waals surface area contributed by atoms with Gasteiger partial charge in [0.05, 0.1) is 18.3 Å². The molecule has 86 valence electrons. The van der Waals surface area contributed by atoms with Gasteiger partial charge in [0, 0.05) is 26.0 Å². The van der Waals surface area contributed by atoms with Crippen LogP contribution in [0.25, 0.3) is 0 Å². The van der Waals surface area contributed by atoms with Crippen LogP contribution in [0.3, 0.4) is 0 Å². The minimum atomic E-state index is -0.216. The molecular weight excluding hydrogens is 208 g/mol. The maximum Gasteiger partial charge on any atom is 0.242 e. The van der Waals surface area contributed by atoms with E-state index in [1.165, 1.54) is 12.4 Å². The summed E-state index contributed by atoms with van der Waals surface area (Å²) in [4.78, 5) is 19.6. The maximum absolute atomic E-state index is 11.8. The van der Waals surface area contributed by atoms with E-state index in [9.17, 15) is 4.79 Å². The lowest BCUT2D eigenvalue weighted by Gasteiger charge is -2.10. The standard InChI is InChI=1S/C10H14N4O2/c1-16-7-4-8(13-5-7)10(15)14-9-6-11-2-3-12-9/h2-3,6-8,13H,4-5H2,1H3,(H,12,14,15)/t7-,8+/m1/s1. The van der Waals surface area contributed by atoms with Crippen molar-refractivity contribution in [2.45, 2.75) is 18.6 Å². The van der Waals surface area contributed by atoms with Crippen molar-refractivity contribution in [3.63, 3.8) is 0 Å². The summed E-state index contributed by atoms with van der Waals surface area (Å²) in [6.07, 6.45) is 5.40. The Kier molecular flexibility index (Phi) is 3.43. The van der Waals surface area contributed by atoms with Crippen molar-refractivity contribution in [1.82, 2.24) is 15.3 Å². The third-order valence-electron chi connectivity index (χ3n) is 2.55. The van der Waals surface area contributed by atoms with Crippen molar-refractivity contribution < 1.29 is 9.53 Å². The lowest BCUT2D eigenvalue weighted by atomic mass is 10.2. The monoisotopic (exact) mass is 222 g/mol. The number of methoxy groups -OCH3 is 1. The Morgan fingerprint density at radius 3 is 3.12 bits per heavy atom. The lowest BCUT2D eigenvalue weighted by Crippen LogP contribution is -2.35. The average Bonchev–Trinajstić information content (AvgIpc) is 2.79. The van der Waals surface area contributed by atoms with E-state index >= 15 is 0 Å². The van der Waals surface area contributed by atoms with Crippen molar-refractivity contribution >= 4 is 11.7 Å². The predicted octanol–water partition coefficient (Wildman–Crippen LogP) is -0.208. The van der Waals surface area contributed by atoms with Crippen molar-refractivity contribution in [3.8, 4) is 0 Å². The Bertz CT molecular complexity index is 357. The molecule has 0 aliphatic carbocycles. The normalized spacial score (nSPS) is 24.3. The van der Waals surface area contributed by atoms with Gasteiger partial charge in [0.2, 0.25) is 5.91 Å². The minimum Gasteiger partial charge on any atom is -0.380 e. The van der Waals surface area contributed by atoms with E-state index in [1.807, 2.05) is 0 Å². The second kappa shape index (κ2) is 5.00. The molecule has 0 unspecified atom stereocenters. The summed E-state index contributed by atoms with van der Waals surface area (Å²) in [7, 11) is 1.65. The van der Waals surface area contributed by atoms with Gasteiger partial charge in [0.15, 0.2) is 5.82 Å². The average molecular weight is 222 g/mol. The number of nitrogens with one attached hydrogen (secondary N) is 2. The van der Waals surface area contributed by atoms with E-state index < -0.39 is 0 Å². The number of hydrogen-bond acceptors (Lipinski definition) is 5. The third-order valence-corrected chi connectivity index (χ3v) is 2.55. The molecule has 2 atom stereocenters. The van der Waals surface area contributed by atoms with Crippen LogP contribution in [0.4, 0.5) is 5.82 Å². The molecule has 1 aromatic heterocycles. The highest BCUT2D eigenvalue weighted by molar-refractivity contribution is 5.94. The summed E-state index contributed by atoms with van der Waals surface area (Å²) in [5, 5.41) is 5.79. The van der Waals surface area contributed by atoms with Crippen LogP contribution in [0.5, 0.6) is 0 Å². The molecule has 1 amide bonds. The molecule has 1 saturated heterocycles. The predicted molar refractivity (Wildman–Crippen MR) is 57.9 cm³/mol. The first-order valence-corrected chi connectivity index (χ1v) is 5.12. The molecule has 2 N–H and O–H groups in total. The van der Waals surface area contributed by atoms with Crippen LogP contribution in [-0.2, 0) is 9.53 Å². The Hall–Kier alpha value is -1.53. The molecule has 2 rings (SSSR count). The fourth-order valence-corrected chi connectivity index (χ4v) is 1.66. The largest absolute Gasteiger partial charge is 0.380 e. The lowest BCUT2D eigenvalue weighted by molar-refractivity contribution is -0.118. The fraction of sp³-hybridized carbons (Fsp3) is 0.500. The van der Waals surface area contributed by atoms with E-state index in [2.05, 4.69) is 20.6 Å². The van der Waals surface area contributed by atoms with Crippen molar-refractivity contribution in [3.05, 3.63) is 18.6 Å². The van der Waals surface area contributed by atoms with Gasteiger partial charge in [-0.25, -0.2) is 4.98 Å². The second-order valence-electron chi connectivity index (χ2n) is 3.63. The van der Waals surface area contributed by atoms with Gasteiger partial charge in [-0.05, 0) is 6.42 Å². The van der Waals surface area contributed by atoms with Gasteiger partial charge in [-0.3, -0.25) is 9.78 Å². The summed E-state index contributed by atoms with van der Waals surface area (Å²) < 4.78 is 5.17. The number of anilines is 1.